The number of fused-ring (bicyclic) bond motifs is 1. The standard InChI is InChI=1S/C26H28O15/c27-5-13-18(33)21(36)23(38)26(41-13)15-19(34)14-10(30)4-12(7-1-2-8(28)9(29)3-7)40-24(14)16(20(15)35)25-22(37)17(32)11(31)6-39-25/h1-4,11,13,17-18,21-23,25-29,31-38H,5-6H2/t11-,13+,17-,18+,21-,22+,23+,25+,26-/m0/s1. The predicted molar refractivity (Wildman–Crippen MR) is 134 cm³/mol. The molecular formula is C26H28O15. The van der Waals surface area contributed by atoms with Crippen molar-refractivity contribution in [3.05, 3.63) is 45.6 Å². The molecule has 3 heterocycles. The number of ether oxygens (including phenoxy) is 2. The van der Waals surface area contributed by atoms with Crippen molar-refractivity contribution in [2.75, 3.05) is 13.2 Å². The van der Waals surface area contributed by atoms with Gasteiger partial charge in [0.2, 0.25) is 0 Å². The van der Waals surface area contributed by atoms with Crippen molar-refractivity contribution in [1.29, 1.82) is 0 Å². The van der Waals surface area contributed by atoms with Gasteiger partial charge in [-0.25, -0.2) is 0 Å². The number of aliphatic hydroxyl groups excluding tert-OH is 7. The normalized spacial score (nSPS) is 32.3. The zero-order valence-electron chi connectivity index (χ0n) is 21.0. The molecule has 2 aromatic carbocycles. The third-order valence-corrected chi connectivity index (χ3v) is 7.42. The van der Waals surface area contributed by atoms with Crippen molar-refractivity contribution in [3.8, 4) is 34.3 Å². The van der Waals surface area contributed by atoms with E-state index in [1.807, 2.05) is 0 Å². The van der Waals surface area contributed by atoms with Crippen LogP contribution in [-0.2, 0) is 9.47 Å². The summed E-state index contributed by atoms with van der Waals surface area (Å²) in [6.45, 7) is -1.39. The first-order valence-corrected chi connectivity index (χ1v) is 12.4. The van der Waals surface area contributed by atoms with E-state index in [2.05, 4.69) is 0 Å². The first-order chi connectivity index (χ1) is 19.4. The Morgan fingerprint density at radius 2 is 1.44 bits per heavy atom. The number of aromatic hydroxyl groups is 4. The summed E-state index contributed by atoms with van der Waals surface area (Å²) in [5.41, 5.74) is -2.64. The SMILES string of the molecule is O=c1cc(-c2ccc(O)c(O)c2)oc2c([C@H]3OC[C@H](O)[C@H](O)[C@H]3O)c(O)c([C@@H]3O[C@H](CO)[C@@H](O)[C@H](O)[C@H]3O)c(O)c12. The van der Waals surface area contributed by atoms with Gasteiger partial charge in [0.05, 0.1) is 24.3 Å². The highest BCUT2D eigenvalue weighted by Crippen LogP contribution is 2.50. The Hall–Kier alpha value is -3.51. The second kappa shape index (κ2) is 10.7. The van der Waals surface area contributed by atoms with Crippen LogP contribution in [-0.4, -0.2) is 112 Å². The third kappa shape index (κ3) is 4.66. The lowest BCUT2D eigenvalue weighted by atomic mass is 9.85. The van der Waals surface area contributed by atoms with Gasteiger partial charge in [0, 0.05) is 11.6 Å². The zero-order chi connectivity index (χ0) is 29.9. The molecule has 15 nitrogen and oxygen atoms in total. The average Bonchev–Trinajstić information content (AvgIpc) is 2.93. The van der Waals surface area contributed by atoms with E-state index in [1.54, 1.807) is 0 Å². The van der Waals surface area contributed by atoms with Crippen LogP contribution in [0, 0.1) is 0 Å². The molecule has 0 spiro atoms. The molecule has 41 heavy (non-hydrogen) atoms. The summed E-state index contributed by atoms with van der Waals surface area (Å²) in [4.78, 5) is 13.4. The lowest BCUT2D eigenvalue weighted by Gasteiger charge is -2.41. The fourth-order valence-corrected chi connectivity index (χ4v) is 5.16. The molecule has 0 bridgehead atoms. The predicted octanol–water partition coefficient (Wildman–Crippen LogP) is -2.05. The van der Waals surface area contributed by atoms with Crippen molar-refractivity contribution in [2.45, 2.75) is 54.9 Å². The Labute approximate surface area is 229 Å². The smallest absolute Gasteiger partial charge is 0.197 e. The molecule has 2 saturated heterocycles. The second-order valence-electron chi connectivity index (χ2n) is 9.96. The fourth-order valence-electron chi connectivity index (χ4n) is 5.16. The van der Waals surface area contributed by atoms with Gasteiger partial charge in [0.15, 0.2) is 22.5 Å². The van der Waals surface area contributed by atoms with Crippen LogP contribution in [0.1, 0.15) is 23.3 Å². The number of hydrogen-bond acceptors (Lipinski definition) is 15. The summed E-state index contributed by atoms with van der Waals surface area (Å²) >= 11 is 0. The first-order valence-electron chi connectivity index (χ1n) is 12.4. The fraction of sp³-hybridized carbons (Fsp3) is 0.423. The summed E-state index contributed by atoms with van der Waals surface area (Å²) in [5.74, 6) is -3.21. The monoisotopic (exact) mass is 580 g/mol. The summed E-state index contributed by atoms with van der Waals surface area (Å²) < 4.78 is 16.8. The molecular weight excluding hydrogens is 552 g/mol. The van der Waals surface area contributed by atoms with Gasteiger partial charge in [-0.2, -0.15) is 0 Å². The Morgan fingerprint density at radius 1 is 0.756 bits per heavy atom. The van der Waals surface area contributed by atoms with Crippen molar-refractivity contribution < 1.29 is 70.1 Å². The summed E-state index contributed by atoms with van der Waals surface area (Å²) in [7, 11) is 0. The molecule has 0 unspecified atom stereocenters. The maximum atomic E-state index is 13.4. The molecule has 5 rings (SSSR count). The molecule has 0 aliphatic carbocycles. The molecule has 2 fully saturated rings. The minimum absolute atomic E-state index is 0.0720. The van der Waals surface area contributed by atoms with Gasteiger partial charge in [0.1, 0.15) is 77.6 Å². The molecule has 15 heteroatoms. The number of phenolic OH excluding ortho intramolecular Hbond substituents is 4. The van der Waals surface area contributed by atoms with E-state index in [0.717, 1.165) is 18.2 Å². The highest BCUT2D eigenvalue weighted by molar-refractivity contribution is 5.92. The van der Waals surface area contributed by atoms with Crippen LogP contribution in [0.3, 0.4) is 0 Å². The van der Waals surface area contributed by atoms with Crippen LogP contribution in [0.5, 0.6) is 23.0 Å². The van der Waals surface area contributed by atoms with E-state index in [9.17, 15) is 61.0 Å². The van der Waals surface area contributed by atoms with Crippen LogP contribution in [0.25, 0.3) is 22.3 Å². The van der Waals surface area contributed by atoms with Crippen molar-refractivity contribution in [1.82, 2.24) is 0 Å². The number of hydrogen-bond donors (Lipinski definition) is 11. The van der Waals surface area contributed by atoms with Crippen LogP contribution in [0.15, 0.2) is 33.5 Å². The second-order valence-corrected chi connectivity index (χ2v) is 9.96. The number of rotatable bonds is 4. The van der Waals surface area contributed by atoms with Gasteiger partial charge in [-0.1, -0.05) is 0 Å². The minimum Gasteiger partial charge on any atom is -0.507 e. The van der Waals surface area contributed by atoms with Crippen LogP contribution < -0.4 is 5.43 Å². The Balaban J connectivity index is 1.81. The minimum atomic E-state index is -2.01. The topological polar surface area (TPSA) is 271 Å². The Morgan fingerprint density at radius 3 is 2.10 bits per heavy atom. The highest BCUT2D eigenvalue weighted by Gasteiger charge is 2.48. The molecule has 3 aromatic rings. The van der Waals surface area contributed by atoms with Crippen molar-refractivity contribution in [3.63, 3.8) is 0 Å². The molecule has 0 radical (unpaired) electrons. The largest absolute Gasteiger partial charge is 0.507 e. The molecule has 2 aliphatic heterocycles. The molecule has 11 N–H and O–H groups in total. The summed E-state index contributed by atoms with van der Waals surface area (Å²) in [5, 5.41) is 113. The molecule has 1 aromatic heterocycles. The summed E-state index contributed by atoms with van der Waals surface area (Å²) in [6, 6.07) is 4.36. The van der Waals surface area contributed by atoms with Gasteiger partial charge in [0.25, 0.3) is 0 Å². The molecule has 222 valence electrons. The van der Waals surface area contributed by atoms with Gasteiger partial charge in [-0.3, -0.25) is 4.79 Å². The van der Waals surface area contributed by atoms with Crippen LogP contribution >= 0.6 is 0 Å². The van der Waals surface area contributed by atoms with E-state index in [-0.39, 0.29) is 11.3 Å². The van der Waals surface area contributed by atoms with E-state index < -0.39 is 119 Å². The first kappa shape index (κ1) is 29.0. The van der Waals surface area contributed by atoms with Crippen molar-refractivity contribution in [2.24, 2.45) is 0 Å². The number of aliphatic hydroxyl groups is 7. The van der Waals surface area contributed by atoms with Crippen molar-refractivity contribution >= 4 is 11.0 Å². The Bertz CT molecular complexity index is 1520. The average molecular weight is 580 g/mol. The maximum Gasteiger partial charge on any atom is 0.197 e. The van der Waals surface area contributed by atoms with Crippen LogP contribution in [0.4, 0.5) is 0 Å². The van der Waals surface area contributed by atoms with E-state index in [0.29, 0.717) is 0 Å². The molecule has 0 saturated carbocycles. The van der Waals surface area contributed by atoms with E-state index in [4.69, 9.17) is 13.9 Å². The van der Waals surface area contributed by atoms with Gasteiger partial charge in [-0.15, -0.1) is 0 Å². The lowest BCUT2D eigenvalue weighted by Crippen LogP contribution is -2.55. The molecule has 9 atom stereocenters. The third-order valence-electron chi connectivity index (χ3n) is 7.42. The van der Waals surface area contributed by atoms with E-state index >= 15 is 0 Å². The summed E-state index contributed by atoms with van der Waals surface area (Å²) in [6.07, 6.45) is -16.0. The maximum absolute atomic E-state index is 13.4. The van der Waals surface area contributed by atoms with Gasteiger partial charge >= 0.3 is 0 Å². The molecule has 2 aliphatic rings. The van der Waals surface area contributed by atoms with E-state index in [1.165, 1.54) is 6.07 Å². The van der Waals surface area contributed by atoms with Gasteiger partial charge < -0.3 is 70.1 Å². The highest BCUT2D eigenvalue weighted by atomic mass is 16.5. The Kier molecular flexibility index (Phi) is 7.58. The zero-order valence-corrected chi connectivity index (χ0v) is 21.0. The quantitative estimate of drug-likeness (QED) is 0.148. The molecule has 0 amide bonds. The van der Waals surface area contributed by atoms with Crippen LogP contribution in [0.2, 0.25) is 0 Å². The number of phenols is 4. The van der Waals surface area contributed by atoms with Gasteiger partial charge in [-0.05, 0) is 18.2 Å². The lowest BCUT2D eigenvalue weighted by molar-refractivity contribution is -0.232. The number of benzene rings is 2.